The summed E-state index contributed by atoms with van der Waals surface area (Å²) in [6.45, 7) is 8.16. The molecule has 112 valence electrons. The number of nitrogens with two attached hydrogens (primary N) is 1. The van der Waals surface area contributed by atoms with Gasteiger partial charge in [-0.15, -0.1) is 0 Å². The van der Waals surface area contributed by atoms with Gasteiger partial charge in [0.25, 0.3) is 0 Å². The highest BCUT2D eigenvalue weighted by Gasteiger charge is 2.41. The maximum atomic E-state index is 13.3. The van der Waals surface area contributed by atoms with Gasteiger partial charge in [0.2, 0.25) is 0 Å². The lowest BCUT2D eigenvalue weighted by Gasteiger charge is -2.30. The molecule has 0 aromatic heterocycles. The lowest BCUT2D eigenvalue weighted by molar-refractivity contribution is -0.0126. The van der Waals surface area contributed by atoms with Crippen LogP contribution in [0.1, 0.15) is 29.5 Å². The molecule has 0 spiro atoms. The van der Waals surface area contributed by atoms with Crippen LogP contribution in [-0.4, -0.2) is 6.54 Å². The van der Waals surface area contributed by atoms with Gasteiger partial charge in [-0.1, -0.05) is 30.3 Å². The Kier molecular flexibility index (Phi) is 3.93. The van der Waals surface area contributed by atoms with E-state index in [0.29, 0.717) is 18.8 Å². The third-order valence-corrected chi connectivity index (χ3v) is 4.17. The first-order valence-electron chi connectivity index (χ1n) is 7.30. The molecule has 1 aliphatic heterocycles. The Morgan fingerprint density at radius 3 is 2.68 bits per heavy atom. The molecule has 0 saturated heterocycles. The molecule has 1 atom stereocenters. The van der Waals surface area contributed by atoms with Gasteiger partial charge in [-0.05, 0) is 48.2 Å². The minimum absolute atomic E-state index is 0.265. The zero-order valence-corrected chi connectivity index (χ0v) is 12.2. The van der Waals surface area contributed by atoms with E-state index in [0.717, 1.165) is 29.5 Å². The summed E-state index contributed by atoms with van der Waals surface area (Å²) in [6, 6.07) is 12.1. The molecule has 0 radical (unpaired) electrons. The molecular formula is C18H17FN2O. The van der Waals surface area contributed by atoms with E-state index in [-0.39, 0.29) is 5.82 Å². The third-order valence-electron chi connectivity index (χ3n) is 4.17. The molecule has 0 unspecified atom stereocenters. The van der Waals surface area contributed by atoms with Gasteiger partial charge in [0, 0.05) is 0 Å². The Labute approximate surface area is 129 Å². The minimum atomic E-state index is -0.594. The van der Waals surface area contributed by atoms with E-state index in [1.165, 1.54) is 12.1 Å². The van der Waals surface area contributed by atoms with Crippen molar-refractivity contribution in [1.82, 2.24) is 0 Å². The SMILES string of the molecule is [C-]#[N+]c1ccc2c(c1)CO[C@@]2(CCCN)c1ccc(F)cc1. The van der Waals surface area contributed by atoms with Crippen LogP contribution >= 0.6 is 0 Å². The number of hydrogen-bond donors (Lipinski definition) is 1. The maximum Gasteiger partial charge on any atom is 0.187 e. The van der Waals surface area contributed by atoms with Crippen molar-refractivity contribution in [2.75, 3.05) is 6.54 Å². The first-order chi connectivity index (χ1) is 10.7. The van der Waals surface area contributed by atoms with Crippen LogP contribution in [-0.2, 0) is 16.9 Å². The maximum absolute atomic E-state index is 13.3. The second-order valence-electron chi connectivity index (χ2n) is 5.47. The van der Waals surface area contributed by atoms with E-state index in [2.05, 4.69) is 4.85 Å². The number of fused-ring (bicyclic) bond motifs is 1. The molecule has 1 aliphatic rings. The van der Waals surface area contributed by atoms with Crippen LogP contribution in [0.2, 0.25) is 0 Å². The normalized spacial score (nSPS) is 19.7. The van der Waals surface area contributed by atoms with Crippen molar-refractivity contribution >= 4 is 5.69 Å². The van der Waals surface area contributed by atoms with Crippen molar-refractivity contribution in [3.8, 4) is 0 Å². The Balaban J connectivity index is 2.10. The summed E-state index contributed by atoms with van der Waals surface area (Å²) in [6.07, 6.45) is 1.54. The summed E-state index contributed by atoms with van der Waals surface area (Å²) in [5, 5.41) is 0. The van der Waals surface area contributed by atoms with Crippen molar-refractivity contribution in [3.63, 3.8) is 0 Å². The van der Waals surface area contributed by atoms with E-state index in [9.17, 15) is 4.39 Å². The van der Waals surface area contributed by atoms with E-state index >= 15 is 0 Å². The van der Waals surface area contributed by atoms with Gasteiger partial charge in [-0.25, -0.2) is 9.24 Å². The minimum Gasteiger partial charge on any atom is -0.361 e. The standard InChI is InChI=1S/C18H17FN2O/c1-21-16-7-8-17-13(11-16)12-22-18(17,9-2-10-20)14-3-5-15(19)6-4-14/h3-8,11H,2,9-10,12,20H2/t18-/m0/s1. The van der Waals surface area contributed by atoms with E-state index in [4.69, 9.17) is 17.0 Å². The quantitative estimate of drug-likeness (QED) is 0.869. The summed E-state index contributed by atoms with van der Waals surface area (Å²) >= 11 is 0. The zero-order chi connectivity index (χ0) is 15.6. The molecule has 0 fully saturated rings. The van der Waals surface area contributed by atoms with Crippen molar-refractivity contribution in [2.45, 2.75) is 25.0 Å². The van der Waals surface area contributed by atoms with E-state index in [1.807, 2.05) is 12.1 Å². The Hall–Kier alpha value is -2.22. The predicted molar refractivity (Wildman–Crippen MR) is 83.0 cm³/mol. The fraction of sp³-hybridized carbons (Fsp3) is 0.278. The van der Waals surface area contributed by atoms with Crippen LogP contribution in [0, 0.1) is 12.4 Å². The summed E-state index contributed by atoms with van der Waals surface area (Å²) < 4.78 is 19.4. The van der Waals surface area contributed by atoms with Crippen LogP contribution in [0.5, 0.6) is 0 Å². The van der Waals surface area contributed by atoms with Crippen molar-refractivity contribution in [2.24, 2.45) is 5.73 Å². The van der Waals surface area contributed by atoms with Crippen LogP contribution in [0.3, 0.4) is 0 Å². The predicted octanol–water partition coefficient (Wildman–Crippen LogP) is 3.89. The molecule has 0 amide bonds. The monoisotopic (exact) mass is 296 g/mol. The number of nitrogens with zero attached hydrogens (tertiary/aromatic N) is 1. The second-order valence-corrected chi connectivity index (χ2v) is 5.47. The molecule has 1 heterocycles. The smallest absolute Gasteiger partial charge is 0.187 e. The highest BCUT2D eigenvalue weighted by atomic mass is 19.1. The fourth-order valence-corrected chi connectivity index (χ4v) is 3.10. The van der Waals surface area contributed by atoms with E-state index < -0.39 is 5.60 Å². The Morgan fingerprint density at radius 2 is 2.00 bits per heavy atom. The van der Waals surface area contributed by atoms with Crippen LogP contribution in [0.25, 0.3) is 4.85 Å². The average molecular weight is 296 g/mol. The summed E-state index contributed by atoms with van der Waals surface area (Å²) in [7, 11) is 0. The van der Waals surface area contributed by atoms with Crippen molar-refractivity contribution < 1.29 is 9.13 Å². The molecule has 2 N–H and O–H groups in total. The highest BCUT2D eigenvalue weighted by Crippen LogP contribution is 2.46. The second kappa shape index (κ2) is 5.88. The first-order valence-corrected chi connectivity index (χ1v) is 7.30. The molecular weight excluding hydrogens is 279 g/mol. The molecule has 3 nitrogen and oxygen atoms in total. The topological polar surface area (TPSA) is 39.6 Å². The highest BCUT2D eigenvalue weighted by molar-refractivity contribution is 5.54. The number of hydrogen-bond acceptors (Lipinski definition) is 2. The van der Waals surface area contributed by atoms with Crippen LogP contribution in [0.4, 0.5) is 10.1 Å². The molecule has 0 aliphatic carbocycles. The number of benzene rings is 2. The molecule has 0 saturated carbocycles. The number of rotatable bonds is 4. The Morgan fingerprint density at radius 1 is 1.23 bits per heavy atom. The average Bonchev–Trinajstić information content (AvgIpc) is 2.92. The zero-order valence-electron chi connectivity index (χ0n) is 12.2. The van der Waals surface area contributed by atoms with Crippen molar-refractivity contribution in [1.29, 1.82) is 0 Å². The fourth-order valence-electron chi connectivity index (χ4n) is 3.10. The molecule has 22 heavy (non-hydrogen) atoms. The largest absolute Gasteiger partial charge is 0.361 e. The lowest BCUT2D eigenvalue weighted by Crippen LogP contribution is -2.28. The molecule has 2 aromatic carbocycles. The molecule has 4 heteroatoms. The van der Waals surface area contributed by atoms with E-state index in [1.54, 1.807) is 18.2 Å². The van der Waals surface area contributed by atoms with Gasteiger partial charge in [-0.2, -0.15) is 0 Å². The van der Waals surface area contributed by atoms with Crippen molar-refractivity contribution in [3.05, 3.63) is 76.4 Å². The molecule has 2 aromatic rings. The third kappa shape index (κ3) is 2.39. The summed E-state index contributed by atoms with van der Waals surface area (Å²) in [5.41, 5.74) is 8.70. The summed E-state index contributed by atoms with van der Waals surface area (Å²) in [5.74, 6) is -0.265. The Bertz CT molecular complexity index is 721. The number of halogens is 1. The van der Waals surface area contributed by atoms with Crippen LogP contribution < -0.4 is 5.73 Å². The number of ether oxygens (including phenoxy) is 1. The summed E-state index contributed by atoms with van der Waals surface area (Å²) in [4.78, 5) is 3.47. The van der Waals surface area contributed by atoms with Gasteiger partial charge in [0.1, 0.15) is 11.4 Å². The molecule has 0 bridgehead atoms. The van der Waals surface area contributed by atoms with Crippen LogP contribution in [0.15, 0.2) is 42.5 Å². The first kappa shape index (κ1) is 14.7. The van der Waals surface area contributed by atoms with Gasteiger partial charge >= 0.3 is 0 Å². The lowest BCUT2D eigenvalue weighted by atomic mass is 9.82. The van der Waals surface area contributed by atoms with Gasteiger partial charge in [-0.3, -0.25) is 0 Å². The van der Waals surface area contributed by atoms with Gasteiger partial charge in [0.15, 0.2) is 5.69 Å². The van der Waals surface area contributed by atoms with Gasteiger partial charge in [0.05, 0.1) is 13.2 Å². The molecule has 3 rings (SSSR count). The van der Waals surface area contributed by atoms with Gasteiger partial charge < -0.3 is 10.5 Å².